The van der Waals surface area contributed by atoms with Crippen LogP contribution >= 0.6 is 11.8 Å². The molecule has 0 aromatic heterocycles. The summed E-state index contributed by atoms with van der Waals surface area (Å²) in [6.45, 7) is 3.07. The number of nitrogens with zero attached hydrogens (tertiary/aromatic N) is 3. The van der Waals surface area contributed by atoms with Crippen molar-refractivity contribution in [1.82, 2.24) is 4.90 Å². The molecule has 1 fully saturated rings. The molecule has 0 spiro atoms. The minimum absolute atomic E-state index is 0.182. The van der Waals surface area contributed by atoms with Crippen molar-refractivity contribution in [3.05, 3.63) is 0 Å². The van der Waals surface area contributed by atoms with Crippen LogP contribution in [0.15, 0.2) is 4.99 Å². The third-order valence-electron chi connectivity index (χ3n) is 1.63. The average molecular weight is 213 g/mol. The number of amidine groups is 1. The lowest BCUT2D eigenvalue weighted by atomic mass is 10.5. The summed E-state index contributed by atoms with van der Waals surface area (Å²) in [4.78, 5) is 16.5. The van der Waals surface area contributed by atoms with Crippen molar-refractivity contribution >= 4 is 22.9 Å². The Morgan fingerprint density at radius 3 is 3.29 bits per heavy atom. The van der Waals surface area contributed by atoms with Gasteiger partial charge in [0.25, 0.3) is 0 Å². The minimum Gasteiger partial charge on any atom is -0.465 e. The molecule has 6 heteroatoms. The van der Waals surface area contributed by atoms with Crippen LogP contribution in [0.5, 0.6) is 0 Å². The quantitative estimate of drug-likeness (QED) is 0.502. The van der Waals surface area contributed by atoms with E-state index in [4.69, 9.17) is 10.00 Å². The molecule has 0 aliphatic carbocycles. The summed E-state index contributed by atoms with van der Waals surface area (Å²) in [5.41, 5.74) is 0. The fraction of sp³-hybridized carbons (Fsp3) is 0.625. The standard InChI is InChI=1S/C8H11N3O2S/c1-2-13-7(12)5-11-3-4-14-8(11)10-6-9/h2-5H2,1H3/b10-8+. The zero-order valence-corrected chi connectivity index (χ0v) is 8.71. The van der Waals surface area contributed by atoms with Gasteiger partial charge in [-0.2, -0.15) is 5.26 Å². The molecular formula is C8H11N3O2S. The van der Waals surface area contributed by atoms with E-state index in [1.54, 1.807) is 18.0 Å². The highest BCUT2D eigenvalue weighted by Crippen LogP contribution is 2.17. The fourth-order valence-electron chi connectivity index (χ4n) is 1.09. The molecule has 0 atom stereocenters. The number of thioether (sulfide) groups is 1. The number of nitriles is 1. The van der Waals surface area contributed by atoms with Gasteiger partial charge >= 0.3 is 5.97 Å². The summed E-state index contributed by atoms with van der Waals surface area (Å²) in [5.74, 6) is 0.584. The molecule has 0 N–H and O–H groups in total. The molecule has 0 aromatic carbocycles. The Morgan fingerprint density at radius 2 is 2.64 bits per heavy atom. The first-order valence-electron chi connectivity index (χ1n) is 4.28. The van der Waals surface area contributed by atoms with Gasteiger partial charge in [0, 0.05) is 12.3 Å². The monoisotopic (exact) mass is 213 g/mol. The Bertz CT molecular complexity index is 285. The molecule has 1 aliphatic rings. The van der Waals surface area contributed by atoms with E-state index in [0.29, 0.717) is 11.8 Å². The maximum atomic E-state index is 11.1. The van der Waals surface area contributed by atoms with Crippen molar-refractivity contribution in [3.63, 3.8) is 0 Å². The van der Waals surface area contributed by atoms with E-state index in [0.717, 1.165) is 12.3 Å². The highest BCUT2D eigenvalue weighted by atomic mass is 32.2. The molecule has 0 saturated carbocycles. The molecule has 1 heterocycles. The third kappa shape index (κ3) is 2.92. The van der Waals surface area contributed by atoms with E-state index in [2.05, 4.69) is 4.99 Å². The lowest BCUT2D eigenvalue weighted by Gasteiger charge is -2.14. The number of hydrogen-bond acceptors (Lipinski definition) is 5. The van der Waals surface area contributed by atoms with E-state index in [-0.39, 0.29) is 12.5 Å². The molecule has 1 saturated heterocycles. The van der Waals surface area contributed by atoms with Crippen LogP contribution in [0.2, 0.25) is 0 Å². The normalized spacial score (nSPS) is 18.3. The zero-order chi connectivity index (χ0) is 10.4. The molecule has 14 heavy (non-hydrogen) atoms. The first-order chi connectivity index (χ1) is 6.77. The van der Waals surface area contributed by atoms with E-state index < -0.39 is 0 Å². The van der Waals surface area contributed by atoms with Gasteiger partial charge in [-0.05, 0) is 6.92 Å². The number of rotatable bonds is 3. The van der Waals surface area contributed by atoms with Crippen LogP contribution in [0.4, 0.5) is 0 Å². The zero-order valence-electron chi connectivity index (χ0n) is 7.89. The van der Waals surface area contributed by atoms with Crippen LogP contribution in [0, 0.1) is 11.5 Å². The number of hydrogen-bond donors (Lipinski definition) is 0. The molecule has 76 valence electrons. The first-order valence-corrected chi connectivity index (χ1v) is 5.26. The van der Waals surface area contributed by atoms with E-state index in [1.807, 2.05) is 0 Å². The van der Waals surface area contributed by atoms with Gasteiger partial charge in [-0.15, -0.1) is 4.99 Å². The first kappa shape index (κ1) is 10.9. The van der Waals surface area contributed by atoms with Gasteiger partial charge in [0.15, 0.2) is 5.17 Å². The maximum absolute atomic E-state index is 11.1. The van der Waals surface area contributed by atoms with Gasteiger partial charge in [-0.3, -0.25) is 4.79 Å². The van der Waals surface area contributed by atoms with Crippen molar-refractivity contribution in [3.8, 4) is 6.19 Å². The third-order valence-corrected chi connectivity index (χ3v) is 2.63. The van der Waals surface area contributed by atoms with Crippen LogP contribution in [0.25, 0.3) is 0 Å². The van der Waals surface area contributed by atoms with Gasteiger partial charge in [-0.25, -0.2) is 0 Å². The predicted octanol–water partition coefficient (Wildman–Crippen LogP) is 0.435. The van der Waals surface area contributed by atoms with Gasteiger partial charge in [-0.1, -0.05) is 11.8 Å². The summed E-state index contributed by atoms with van der Waals surface area (Å²) in [5, 5.41) is 9.00. The Balaban J connectivity index is 2.48. The highest BCUT2D eigenvalue weighted by molar-refractivity contribution is 8.14. The lowest BCUT2D eigenvalue weighted by molar-refractivity contribution is -0.143. The minimum atomic E-state index is -0.277. The van der Waals surface area contributed by atoms with Crippen molar-refractivity contribution in [2.45, 2.75) is 6.92 Å². The van der Waals surface area contributed by atoms with Crippen LogP contribution in [0.3, 0.4) is 0 Å². The van der Waals surface area contributed by atoms with E-state index >= 15 is 0 Å². The Hall–Kier alpha value is -1.22. The number of ether oxygens (including phenoxy) is 1. The van der Waals surface area contributed by atoms with Crippen molar-refractivity contribution in [2.75, 3.05) is 25.4 Å². The second-order valence-corrected chi connectivity index (χ2v) is 3.63. The van der Waals surface area contributed by atoms with Crippen LogP contribution in [-0.4, -0.2) is 41.5 Å². The maximum Gasteiger partial charge on any atom is 0.325 e. The molecule has 0 unspecified atom stereocenters. The summed E-state index contributed by atoms with van der Waals surface area (Å²) in [6.07, 6.45) is 1.72. The van der Waals surface area contributed by atoms with Gasteiger partial charge in [0.05, 0.1) is 6.61 Å². The number of esters is 1. The molecule has 0 aromatic rings. The van der Waals surface area contributed by atoms with Gasteiger partial charge in [0.1, 0.15) is 6.54 Å². The number of aliphatic imine (C=N–C) groups is 1. The molecule has 1 rings (SSSR count). The number of carbonyl (C=O) groups excluding carboxylic acids is 1. The Kier molecular flexibility index (Phi) is 4.26. The fourth-order valence-corrected chi connectivity index (χ4v) is 2.03. The Labute approximate surface area is 86.7 Å². The lowest BCUT2D eigenvalue weighted by Crippen LogP contribution is -2.31. The molecule has 0 radical (unpaired) electrons. The summed E-state index contributed by atoms with van der Waals surface area (Å²) >= 11 is 1.48. The molecule has 0 amide bonds. The molecular weight excluding hydrogens is 202 g/mol. The SMILES string of the molecule is CCOC(=O)CN1CCS/C1=N/C#N. The van der Waals surface area contributed by atoms with E-state index in [1.165, 1.54) is 11.8 Å². The second kappa shape index (κ2) is 5.50. The molecule has 1 aliphatic heterocycles. The van der Waals surface area contributed by atoms with Crippen LogP contribution in [0.1, 0.15) is 6.92 Å². The van der Waals surface area contributed by atoms with E-state index in [9.17, 15) is 4.79 Å². The predicted molar refractivity (Wildman–Crippen MR) is 53.7 cm³/mol. The largest absolute Gasteiger partial charge is 0.465 e. The topological polar surface area (TPSA) is 65.7 Å². The van der Waals surface area contributed by atoms with Gasteiger partial charge in [0.2, 0.25) is 6.19 Å². The van der Waals surface area contributed by atoms with Gasteiger partial charge < -0.3 is 9.64 Å². The Morgan fingerprint density at radius 1 is 1.86 bits per heavy atom. The van der Waals surface area contributed by atoms with Crippen molar-refractivity contribution in [2.24, 2.45) is 4.99 Å². The van der Waals surface area contributed by atoms with Crippen LogP contribution in [-0.2, 0) is 9.53 Å². The summed E-state index contributed by atoms with van der Waals surface area (Å²) < 4.78 is 4.80. The number of carbonyl (C=O) groups is 1. The summed E-state index contributed by atoms with van der Waals surface area (Å²) in [6, 6.07) is 0. The molecule has 0 bridgehead atoms. The van der Waals surface area contributed by atoms with Crippen molar-refractivity contribution < 1.29 is 9.53 Å². The molecule has 5 nitrogen and oxygen atoms in total. The summed E-state index contributed by atoms with van der Waals surface area (Å²) in [7, 11) is 0. The average Bonchev–Trinajstić information content (AvgIpc) is 2.54. The van der Waals surface area contributed by atoms with Crippen molar-refractivity contribution in [1.29, 1.82) is 5.26 Å². The smallest absolute Gasteiger partial charge is 0.325 e. The highest BCUT2D eigenvalue weighted by Gasteiger charge is 2.22. The second-order valence-electron chi connectivity index (χ2n) is 2.57. The van der Waals surface area contributed by atoms with Crippen LogP contribution < -0.4 is 0 Å².